The van der Waals surface area contributed by atoms with Crippen molar-refractivity contribution < 1.29 is 27.5 Å². The van der Waals surface area contributed by atoms with Crippen molar-refractivity contribution >= 4 is 17.5 Å². The molecule has 0 atom stereocenters. The van der Waals surface area contributed by atoms with E-state index in [9.17, 15) is 22.8 Å². The van der Waals surface area contributed by atoms with Crippen molar-refractivity contribution in [1.29, 1.82) is 0 Å². The highest BCUT2D eigenvalue weighted by molar-refractivity contribution is 6.06. The third-order valence-electron chi connectivity index (χ3n) is 3.25. The summed E-state index contributed by atoms with van der Waals surface area (Å²) in [5.41, 5.74) is 1.12. The van der Waals surface area contributed by atoms with Gasteiger partial charge in [0.1, 0.15) is 5.75 Å². The highest BCUT2D eigenvalue weighted by Crippen LogP contribution is 2.20. The first-order valence-electron chi connectivity index (χ1n) is 7.19. The van der Waals surface area contributed by atoms with Crippen LogP contribution in [0.15, 0.2) is 48.5 Å². The summed E-state index contributed by atoms with van der Waals surface area (Å²) in [4.78, 5) is 23.1. The van der Waals surface area contributed by atoms with E-state index in [0.717, 1.165) is 0 Å². The predicted octanol–water partition coefficient (Wildman–Crippen LogP) is 3.13. The van der Waals surface area contributed by atoms with Crippen LogP contribution >= 0.6 is 0 Å². The van der Waals surface area contributed by atoms with E-state index in [1.165, 1.54) is 19.2 Å². The summed E-state index contributed by atoms with van der Waals surface area (Å²) < 4.78 is 41.7. The van der Waals surface area contributed by atoms with Crippen LogP contribution in [0.5, 0.6) is 5.75 Å². The number of alkyl halides is 3. The zero-order valence-corrected chi connectivity index (χ0v) is 13.2. The fraction of sp³-hybridized carbons (Fsp3) is 0.176. The molecule has 2 rings (SSSR count). The molecule has 2 aromatic carbocycles. The summed E-state index contributed by atoms with van der Waals surface area (Å²) >= 11 is 0. The summed E-state index contributed by atoms with van der Waals surface area (Å²) in [6.07, 6.45) is -4.93. The van der Waals surface area contributed by atoms with Crippen molar-refractivity contribution in [3.05, 3.63) is 59.7 Å². The van der Waals surface area contributed by atoms with Crippen molar-refractivity contribution in [2.45, 2.75) is 12.7 Å². The largest absolute Gasteiger partial charge is 0.496 e. The van der Waals surface area contributed by atoms with Gasteiger partial charge in [-0.25, -0.2) is 0 Å². The van der Waals surface area contributed by atoms with Crippen molar-refractivity contribution in [3.63, 3.8) is 0 Å². The number of methoxy groups -OCH3 is 1. The van der Waals surface area contributed by atoms with Crippen LogP contribution in [0.1, 0.15) is 15.9 Å². The Morgan fingerprint density at radius 2 is 1.80 bits per heavy atom. The molecule has 25 heavy (non-hydrogen) atoms. The number of amides is 2. The minimum Gasteiger partial charge on any atom is -0.496 e. The number of halogens is 3. The first-order valence-corrected chi connectivity index (χ1v) is 7.19. The Kier molecular flexibility index (Phi) is 5.63. The molecule has 0 unspecified atom stereocenters. The van der Waals surface area contributed by atoms with Crippen LogP contribution in [0.25, 0.3) is 0 Å². The molecule has 0 heterocycles. The number of benzene rings is 2. The Labute approximate surface area is 141 Å². The number of hydrogen-bond acceptors (Lipinski definition) is 3. The van der Waals surface area contributed by atoms with Crippen molar-refractivity contribution in [1.82, 2.24) is 5.32 Å². The molecule has 0 aliphatic carbocycles. The molecule has 2 amide bonds. The second-order valence-electron chi connectivity index (χ2n) is 5.04. The van der Waals surface area contributed by atoms with Gasteiger partial charge in [-0.15, -0.1) is 0 Å². The van der Waals surface area contributed by atoms with E-state index in [2.05, 4.69) is 5.32 Å². The molecule has 132 valence electrons. The van der Waals surface area contributed by atoms with Crippen LogP contribution in [-0.4, -0.2) is 25.1 Å². The van der Waals surface area contributed by atoms with Crippen LogP contribution in [0.2, 0.25) is 0 Å². The topological polar surface area (TPSA) is 67.4 Å². The molecular formula is C17H15F3N2O3. The van der Waals surface area contributed by atoms with Crippen molar-refractivity contribution in [2.24, 2.45) is 0 Å². The molecule has 8 heteroatoms. The van der Waals surface area contributed by atoms with Gasteiger partial charge < -0.3 is 15.4 Å². The Hall–Kier alpha value is -3.03. The number of hydrogen-bond donors (Lipinski definition) is 2. The van der Waals surface area contributed by atoms with E-state index in [4.69, 9.17) is 4.74 Å². The van der Waals surface area contributed by atoms with Gasteiger partial charge >= 0.3 is 12.1 Å². The minimum atomic E-state index is -4.93. The van der Waals surface area contributed by atoms with Crippen LogP contribution in [0.4, 0.5) is 18.9 Å². The van der Waals surface area contributed by atoms with Gasteiger partial charge in [-0.2, -0.15) is 13.2 Å². The summed E-state index contributed by atoms with van der Waals surface area (Å²) in [6, 6.07) is 12.8. The Bertz CT molecular complexity index is 776. The van der Waals surface area contributed by atoms with E-state index in [1.54, 1.807) is 41.7 Å². The molecule has 0 fully saturated rings. The zero-order chi connectivity index (χ0) is 18.4. The molecular weight excluding hydrogens is 337 g/mol. The first kappa shape index (κ1) is 18.3. The lowest BCUT2D eigenvalue weighted by Crippen LogP contribution is -2.36. The highest BCUT2D eigenvalue weighted by atomic mass is 19.4. The summed E-state index contributed by atoms with van der Waals surface area (Å²) in [5.74, 6) is -2.04. The Balaban J connectivity index is 2.06. The molecule has 0 bridgehead atoms. The lowest BCUT2D eigenvalue weighted by Gasteiger charge is -2.11. The standard InChI is InChI=1S/C17H15F3N2O3/c1-25-14-8-3-2-7-13(14)15(23)22-12-6-4-5-11(9-12)10-21-16(24)17(18,19)20/h2-9H,10H2,1H3,(H,21,24)(H,22,23). The molecule has 0 radical (unpaired) electrons. The SMILES string of the molecule is COc1ccccc1C(=O)Nc1cccc(CNC(=O)C(F)(F)F)c1. The maximum absolute atomic E-state index is 12.3. The molecule has 0 aliphatic rings. The van der Waals surface area contributed by atoms with E-state index in [1.807, 2.05) is 0 Å². The number of rotatable bonds is 5. The van der Waals surface area contributed by atoms with Gasteiger partial charge in [0.2, 0.25) is 0 Å². The van der Waals surface area contributed by atoms with Gasteiger partial charge in [-0.3, -0.25) is 9.59 Å². The van der Waals surface area contributed by atoms with Crippen LogP contribution in [-0.2, 0) is 11.3 Å². The van der Waals surface area contributed by atoms with Gasteiger partial charge in [-0.1, -0.05) is 24.3 Å². The van der Waals surface area contributed by atoms with Gasteiger partial charge in [0.25, 0.3) is 5.91 Å². The van der Waals surface area contributed by atoms with E-state index in [-0.39, 0.29) is 6.54 Å². The number of nitrogens with one attached hydrogen (secondary N) is 2. The maximum atomic E-state index is 12.3. The molecule has 0 aliphatic heterocycles. The molecule has 0 saturated heterocycles. The first-order chi connectivity index (χ1) is 11.8. The molecule has 5 nitrogen and oxygen atoms in total. The van der Waals surface area contributed by atoms with E-state index in [0.29, 0.717) is 22.6 Å². The van der Waals surface area contributed by atoms with Gasteiger partial charge in [0.15, 0.2) is 0 Å². The highest BCUT2D eigenvalue weighted by Gasteiger charge is 2.38. The van der Waals surface area contributed by atoms with Crippen LogP contribution in [0, 0.1) is 0 Å². The second-order valence-corrected chi connectivity index (χ2v) is 5.04. The number of anilines is 1. The fourth-order valence-electron chi connectivity index (χ4n) is 2.07. The Morgan fingerprint density at radius 1 is 1.08 bits per heavy atom. The molecule has 2 N–H and O–H groups in total. The average molecular weight is 352 g/mol. The van der Waals surface area contributed by atoms with Crippen molar-refractivity contribution in [3.8, 4) is 5.75 Å². The second kappa shape index (κ2) is 7.69. The van der Waals surface area contributed by atoms with E-state index < -0.39 is 18.0 Å². The van der Waals surface area contributed by atoms with Crippen LogP contribution in [0.3, 0.4) is 0 Å². The maximum Gasteiger partial charge on any atom is 0.471 e. The van der Waals surface area contributed by atoms with Gasteiger partial charge in [-0.05, 0) is 29.8 Å². The summed E-state index contributed by atoms with van der Waals surface area (Å²) in [5, 5.41) is 4.41. The summed E-state index contributed by atoms with van der Waals surface area (Å²) in [7, 11) is 1.44. The predicted molar refractivity (Wildman–Crippen MR) is 85.3 cm³/mol. The minimum absolute atomic E-state index is 0.309. The third kappa shape index (κ3) is 4.97. The van der Waals surface area contributed by atoms with E-state index >= 15 is 0 Å². The molecule has 2 aromatic rings. The quantitative estimate of drug-likeness (QED) is 0.869. The summed E-state index contributed by atoms with van der Waals surface area (Å²) in [6.45, 7) is -0.309. The van der Waals surface area contributed by atoms with Crippen LogP contribution < -0.4 is 15.4 Å². The number of para-hydroxylation sites is 1. The Morgan fingerprint density at radius 3 is 2.48 bits per heavy atom. The average Bonchev–Trinajstić information content (AvgIpc) is 2.59. The molecule has 0 aromatic heterocycles. The number of ether oxygens (including phenoxy) is 1. The van der Waals surface area contributed by atoms with Crippen molar-refractivity contribution in [2.75, 3.05) is 12.4 Å². The molecule has 0 saturated carbocycles. The zero-order valence-electron chi connectivity index (χ0n) is 13.2. The normalized spacial score (nSPS) is 10.9. The number of carbonyl (C=O) groups is 2. The number of carbonyl (C=O) groups excluding carboxylic acids is 2. The fourth-order valence-corrected chi connectivity index (χ4v) is 2.07. The monoisotopic (exact) mass is 352 g/mol. The lowest BCUT2D eigenvalue weighted by molar-refractivity contribution is -0.173. The van der Waals surface area contributed by atoms with Gasteiger partial charge in [0.05, 0.1) is 12.7 Å². The van der Waals surface area contributed by atoms with Gasteiger partial charge in [0, 0.05) is 12.2 Å². The lowest BCUT2D eigenvalue weighted by atomic mass is 10.1. The third-order valence-corrected chi connectivity index (χ3v) is 3.25. The molecule has 0 spiro atoms. The smallest absolute Gasteiger partial charge is 0.471 e.